The summed E-state index contributed by atoms with van der Waals surface area (Å²) in [6.45, 7) is -0.0329. The number of fused-ring (bicyclic) bond motifs is 1. The number of carbonyl (C=O) groups excluding carboxylic acids is 2. The highest BCUT2D eigenvalue weighted by Gasteiger charge is 2.29. The number of carbonyl (C=O) groups is 2. The number of benzene rings is 2. The Morgan fingerprint density at radius 1 is 1.27 bits per heavy atom. The number of nitrogens with zero attached hydrogens (tertiary/aromatic N) is 1. The molecule has 26 heavy (non-hydrogen) atoms. The molecule has 0 aromatic heterocycles. The van der Waals surface area contributed by atoms with E-state index >= 15 is 0 Å². The molecule has 2 amide bonds. The molecule has 7 nitrogen and oxygen atoms in total. The molecule has 2 aromatic rings. The fraction of sp³-hybridized carbons (Fsp3) is 0.167. The highest BCUT2D eigenvalue weighted by molar-refractivity contribution is 6.06. The van der Waals surface area contributed by atoms with Gasteiger partial charge in [-0.1, -0.05) is 17.3 Å². The van der Waals surface area contributed by atoms with Gasteiger partial charge >= 0.3 is 0 Å². The highest BCUT2D eigenvalue weighted by Crippen LogP contribution is 2.30. The van der Waals surface area contributed by atoms with Crippen LogP contribution in [0.3, 0.4) is 0 Å². The van der Waals surface area contributed by atoms with E-state index in [9.17, 15) is 14.0 Å². The first kappa shape index (κ1) is 16.1. The Morgan fingerprint density at radius 3 is 3.00 bits per heavy atom. The SMILES string of the molecule is O=C1COc2ccc(NC(=O)C3CC(c4cccc(F)c4)=NO3)cc2N1. The fourth-order valence-corrected chi connectivity index (χ4v) is 2.74. The predicted octanol–water partition coefficient (Wildman–Crippen LogP) is 2.29. The van der Waals surface area contributed by atoms with E-state index in [-0.39, 0.29) is 30.7 Å². The van der Waals surface area contributed by atoms with E-state index in [1.54, 1.807) is 30.3 Å². The minimum absolute atomic E-state index is 0.0329. The second kappa shape index (κ2) is 6.47. The van der Waals surface area contributed by atoms with Crippen LogP contribution in [0.2, 0.25) is 0 Å². The Morgan fingerprint density at radius 2 is 2.15 bits per heavy atom. The van der Waals surface area contributed by atoms with Crippen molar-refractivity contribution in [1.29, 1.82) is 0 Å². The van der Waals surface area contributed by atoms with Crippen LogP contribution in [0, 0.1) is 5.82 Å². The first-order valence-electron chi connectivity index (χ1n) is 7.95. The monoisotopic (exact) mass is 355 g/mol. The van der Waals surface area contributed by atoms with Crippen molar-refractivity contribution in [2.45, 2.75) is 12.5 Å². The van der Waals surface area contributed by atoms with E-state index < -0.39 is 6.10 Å². The molecule has 2 aliphatic rings. The Kier molecular flexibility index (Phi) is 4.00. The van der Waals surface area contributed by atoms with Gasteiger partial charge in [-0.15, -0.1) is 0 Å². The van der Waals surface area contributed by atoms with Crippen LogP contribution in [0.4, 0.5) is 15.8 Å². The van der Waals surface area contributed by atoms with E-state index in [1.807, 2.05) is 0 Å². The van der Waals surface area contributed by atoms with Gasteiger partial charge in [0.1, 0.15) is 11.6 Å². The minimum Gasteiger partial charge on any atom is -0.482 e. The zero-order valence-electron chi connectivity index (χ0n) is 13.5. The number of rotatable bonds is 3. The number of nitrogens with one attached hydrogen (secondary N) is 2. The van der Waals surface area contributed by atoms with Crippen molar-refractivity contribution >= 4 is 28.9 Å². The molecule has 1 atom stereocenters. The molecule has 0 spiro atoms. The van der Waals surface area contributed by atoms with Gasteiger partial charge in [-0.2, -0.15) is 0 Å². The maximum atomic E-state index is 13.3. The summed E-state index contributed by atoms with van der Waals surface area (Å²) in [4.78, 5) is 28.9. The third-order valence-electron chi connectivity index (χ3n) is 4.00. The van der Waals surface area contributed by atoms with Gasteiger partial charge in [-0.05, 0) is 30.3 Å². The van der Waals surface area contributed by atoms with E-state index in [4.69, 9.17) is 9.57 Å². The van der Waals surface area contributed by atoms with Crippen molar-refractivity contribution in [2.24, 2.45) is 5.16 Å². The fourth-order valence-electron chi connectivity index (χ4n) is 2.74. The largest absolute Gasteiger partial charge is 0.482 e. The number of anilines is 2. The second-order valence-corrected chi connectivity index (χ2v) is 5.88. The van der Waals surface area contributed by atoms with Crippen LogP contribution in [0.25, 0.3) is 0 Å². The Balaban J connectivity index is 1.42. The molecule has 1 unspecified atom stereocenters. The lowest BCUT2D eigenvalue weighted by Crippen LogP contribution is -2.28. The number of ether oxygens (including phenoxy) is 1. The topological polar surface area (TPSA) is 89.0 Å². The Labute approximate surface area is 147 Å². The molecule has 132 valence electrons. The number of halogens is 1. The summed E-state index contributed by atoms with van der Waals surface area (Å²) in [7, 11) is 0. The third kappa shape index (κ3) is 3.21. The zero-order chi connectivity index (χ0) is 18.1. The van der Waals surface area contributed by atoms with Gasteiger partial charge in [-0.3, -0.25) is 9.59 Å². The van der Waals surface area contributed by atoms with Gasteiger partial charge in [-0.25, -0.2) is 4.39 Å². The summed E-state index contributed by atoms with van der Waals surface area (Å²) in [6.07, 6.45) is -0.574. The molecule has 8 heteroatoms. The van der Waals surface area contributed by atoms with Gasteiger partial charge in [0.25, 0.3) is 11.8 Å². The van der Waals surface area contributed by atoms with Crippen molar-refractivity contribution in [2.75, 3.05) is 17.2 Å². The van der Waals surface area contributed by atoms with E-state index in [1.165, 1.54) is 12.1 Å². The average molecular weight is 355 g/mol. The quantitative estimate of drug-likeness (QED) is 0.884. The van der Waals surface area contributed by atoms with Gasteiger partial charge < -0.3 is 20.2 Å². The van der Waals surface area contributed by atoms with Gasteiger partial charge in [0.05, 0.1) is 11.4 Å². The summed E-state index contributed by atoms with van der Waals surface area (Å²) < 4.78 is 18.6. The van der Waals surface area contributed by atoms with E-state index in [0.717, 1.165) is 0 Å². The van der Waals surface area contributed by atoms with Crippen LogP contribution in [-0.4, -0.2) is 30.2 Å². The van der Waals surface area contributed by atoms with Crippen LogP contribution in [-0.2, 0) is 14.4 Å². The van der Waals surface area contributed by atoms with Crippen molar-refractivity contribution < 1.29 is 23.6 Å². The summed E-state index contributed by atoms with van der Waals surface area (Å²) in [5.74, 6) is -0.482. The lowest BCUT2D eigenvalue weighted by Gasteiger charge is -2.19. The molecule has 0 radical (unpaired) electrons. The number of hydrogen-bond acceptors (Lipinski definition) is 5. The van der Waals surface area contributed by atoms with Crippen LogP contribution in [0.5, 0.6) is 5.75 Å². The molecule has 0 aliphatic carbocycles. The summed E-state index contributed by atoms with van der Waals surface area (Å²) >= 11 is 0. The summed E-state index contributed by atoms with van der Waals surface area (Å²) in [5, 5.41) is 9.27. The molecular formula is C18H14FN3O4. The van der Waals surface area contributed by atoms with Crippen LogP contribution < -0.4 is 15.4 Å². The van der Waals surface area contributed by atoms with Crippen molar-refractivity contribution in [3.63, 3.8) is 0 Å². The maximum absolute atomic E-state index is 13.3. The van der Waals surface area contributed by atoms with E-state index in [0.29, 0.717) is 28.4 Å². The van der Waals surface area contributed by atoms with E-state index in [2.05, 4.69) is 15.8 Å². The first-order chi connectivity index (χ1) is 12.6. The molecule has 0 fully saturated rings. The van der Waals surface area contributed by atoms with Crippen molar-refractivity contribution in [3.8, 4) is 5.75 Å². The third-order valence-corrected chi connectivity index (χ3v) is 4.00. The molecular weight excluding hydrogens is 341 g/mol. The molecule has 2 aromatic carbocycles. The Hall–Kier alpha value is -3.42. The van der Waals surface area contributed by atoms with Crippen molar-refractivity contribution in [1.82, 2.24) is 0 Å². The van der Waals surface area contributed by atoms with Gasteiger partial charge in [0.2, 0.25) is 6.10 Å². The van der Waals surface area contributed by atoms with Crippen LogP contribution in [0.1, 0.15) is 12.0 Å². The number of hydrogen-bond donors (Lipinski definition) is 2. The second-order valence-electron chi connectivity index (χ2n) is 5.88. The first-order valence-corrected chi connectivity index (χ1v) is 7.95. The van der Waals surface area contributed by atoms with Crippen LogP contribution in [0.15, 0.2) is 47.6 Å². The standard InChI is InChI=1S/C18H14FN3O4/c19-11-3-1-2-10(6-11)13-8-16(26-22-13)18(24)20-12-4-5-15-14(7-12)21-17(23)9-25-15/h1-7,16H,8-9H2,(H,20,24)(H,21,23). The van der Waals surface area contributed by atoms with Gasteiger partial charge in [0.15, 0.2) is 6.61 Å². The molecule has 0 saturated heterocycles. The molecule has 0 bridgehead atoms. The molecule has 2 aliphatic heterocycles. The summed E-state index contributed by atoms with van der Waals surface area (Å²) in [6, 6.07) is 10.9. The molecule has 0 saturated carbocycles. The smallest absolute Gasteiger partial charge is 0.268 e. The number of oxime groups is 1. The highest BCUT2D eigenvalue weighted by atomic mass is 19.1. The van der Waals surface area contributed by atoms with Crippen LogP contribution >= 0.6 is 0 Å². The Bertz CT molecular complexity index is 928. The summed E-state index contributed by atoms with van der Waals surface area (Å²) in [5.41, 5.74) is 2.06. The maximum Gasteiger partial charge on any atom is 0.268 e. The average Bonchev–Trinajstić information content (AvgIpc) is 3.12. The zero-order valence-corrected chi connectivity index (χ0v) is 13.5. The predicted molar refractivity (Wildman–Crippen MR) is 91.6 cm³/mol. The van der Waals surface area contributed by atoms with Crippen molar-refractivity contribution in [3.05, 3.63) is 53.8 Å². The lowest BCUT2D eigenvalue weighted by molar-refractivity contribution is -0.125. The lowest BCUT2D eigenvalue weighted by atomic mass is 10.0. The minimum atomic E-state index is -0.810. The normalized spacial score (nSPS) is 18.1. The molecule has 4 rings (SSSR count). The number of amides is 2. The molecule has 2 N–H and O–H groups in total. The molecule has 2 heterocycles. The van der Waals surface area contributed by atoms with Gasteiger partial charge in [0, 0.05) is 17.7 Å².